The Morgan fingerprint density at radius 1 is 1.24 bits per heavy atom. The number of fused-ring (bicyclic) bond motifs is 1. The molecule has 0 saturated heterocycles. The summed E-state index contributed by atoms with van der Waals surface area (Å²) in [6.45, 7) is 0.841. The van der Waals surface area contributed by atoms with Crippen LogP contribution in [0.15, 0.2) is 55.1 Å². The fraction of sp³-hybridized carbons (Fsp3) is 0.190. The molecule has 5 rings (SSSR count). The number of anilines is 1. The van der Waals surface area contributed by atoms with Gasteiger partial charge in [0.05, 0.1) is 34.2 Å². The van der Waals surface area contributed by atoms with E-state index in [4.69, 9.17) is 11.6 Å². The van der Waals surface area contributed by atoms with E-state index in [0.29, 0.717) is 33.8 Å². The molecule has 0 radical (unpaired) electrons. The molecule has 1 fully saturated rings. The average molecular weight is 410 g/mol. The molecule has 29 heavy (non-hydrogen) atoms. The zero-order valence-electron chi connectivity index (χ0n) is 15.3. The summed E-state index contributed by atoms with van der Waals surface area (Å²) in [6, 6.07) is 8.21. The van der Waals surface area contributed by atoms with Crippen LogP contribution in [0.25, 0.3) is 16.6 Å². The van der Waals surface area contributed by atoms with E-state index in [1.807, 2.05) is 23.0 Å². The Morgan fingerprint density at radius 3 is 2.93 bits per heavy atom. The van der Waals surface area contributed by atoms with Gasteiger partial charge in [-0.25, -0.2) is 8.91 Å². The molecule has 1 N–H and O–H groups in total. The summed E-state index contributed by atoms with van der Waals surface area (Å²) < 4.78 is 18.0. The number of pyridine rings is 1. The van der Waals surface area contributed by atoms with Crippen LogP contribution in [0.2, 0.25) is 5.02 Å². The molecule has 1 amide bonds. The van der Waals surface area contributed by atoms with Crippen molar-refractivity contribution in [2.24, 2.45) is 5.92 Å². The van der Waals surface area contributed by atoms with Gasteiger partial charge in [-0.05, 0) is 43.0 Å². The lowest BCUT2D eigenvalue weighted by atomic mass is 10.1. The van der Waals surface area contributed by atoms with E-state index in [2.05, 4.69) is 15.5 Å². The molecular weight excluding hydrogens is 393 g/mol. The first-order chi connectivity index (χ1) is 14.1. The highest BCUT2D eigenvalue weighted by Crippen LogP contribution is 2.34. The van der Waals surface area contributed by atoms with Crippen molar-refractivity contribution in [1.29, 1.82) is 0 Å². The normalized spacial score (nSPS) is 13.7. The van der Waals surface area contributed by atoms with Gasteiger partial charge in [0.15, 0.2) is 0 Å². The van der Waals surface area contributed by atoms with E-state index < -0.39 is 5.82 Å². The Hall–Kier alpha value is -3.19. The zero-order chi connectivity index (χ0) is 20.0. The van der Waals surface area contributed by atoms with E-state index in [-0.39, 0.29) is 10.9 Å². The van der Waals surface area contributed by atoms with Crippen LogP contribution >= 0.6 is 11.6 Å². The molecule has 6 nitrogen and oxygen atoms in total. The van der Waals surface area contributed by atoms with Crippen LogP contribution in [0.3, 0.4) is 0 Å². The average Bonchev–Trinajstić information content (AvgIpc) is 3.23. The van der Waals surface area contributed by atoms with Crippen molar-refractivity contribution in [2.75, 3.05) is 5.32 Å². The van der Waals surface area contributed by atoms with Crippen molar-refractivity contribution in [3.05, 3.63) is 71.5 Å². The minimum Gasteiger partial charge on any atom is -0.320 e. The minimum absolute atomic E-state index is 0.126. The Balaban J connectivity index is 1.44. The molecule has 4 aromatic rings. The van der Waals surface area contributed by atoms with Crippen molar-refractivity contribution in [2.45, 2.75) is 19.4 Å². The van der Waals surface area contributed by atoms with Gasteiger partial charge in [-0.2, -0.15) is 10.2 Å². The first-order valence-corrected chi connectivity index (χ1v) is 9.72. The quantitative estimate of drug-likeness (QED) is 0.521. The number of rotatable bonds is 5. The molecule has 1 aliphatic rings. The topological polar surface area (TPSA) is 64.2 Å². The second-order valence-corrected chi connectivity index (χ2v) is 7.66. The van der Waals surface area contributed by atoms with Crippen LogP contribution in [0.4, 0.5) is 10.1 Å². The number of halogens is 2. The number of nitrogens with one attached hydrogen (secondary N) is 1. The van der Waals surface area contributed by atoms with Crippen LogP contribution < -0.4 is 5.32 Å². The number of hydrogen-bond acceptors (Lipinski definition) is 3. The van der Waals surface area contributed by atoms with Gasteiger partial charge in [-0.1, -0.05) is 17.7 Å². The monoisotopic (exact) mass is 409 g/mol. The lowest BCUT2D eigenvalue weighted by Crippen LogP contribution is -2.12. The molecular formula is C21H17ClFN5O. The SMILES string of the molecule is O=C(Nc1cc(-c2cnn(CC3CC3)c2)c(F)cc1Cl)c1cnn2ccccc12. The Kier molecular flexibility index (Phi) is 4.32. The second-order valence-electron chi connectivity index (χ2n) is 7.25. The molecule has 0 bridgehead atoms. The number of hydrogen-bond donors (Lipinski definition) is 1. The third-order valence-corrected chi connectivity index (χ3v) is 5.38. The van der Waals surface area contributed by atoms with Gasteiger partial charge in [-0.15, -0.1) is 0 Å². The minimum atomic E-state index is -0.463. The lowest BCUT2D eigenvalue weighted by molar-refractivity contribution is 0.102. The summed E-state index contributed by atoms with van der Waals surface area (Å²) in [5, 5.41) is 11.4. The van der Waals surface area contributed by atoms with Crippen LogP contribution in [0, 0.1) is 11.7 Å². The summed E-state index contributed by atoms with van der Waals surface area (Å²) in [7, 11) is 0. The van der Waals surface area contributed by atoms with Gasteiger partial charge < -0.3 is 5.32 Å². The van der Waals surface area contributed by atoms with E-state index in [1.54, 1.807) is 29.0 Å². The van der Waals surface area contributed by atoms with E-state index in [0.717, 1.165) is 6.54 Å². The van der Waals surface area contributed by atoms with Crippen molar-refractivity contribution < 1.29 is 9.18 Å². The van der Waals surface area contributed by atoms with Crippen LogP contribution in [-0.4, -0.2) is 25.3 Å². The molecule has 1 aromatic carbocycles. The molecule has 3 heterocycles. The maximum absolute atomic E-state index is 14.6. The summed E-state index contributed by atoms with van der Waals surface area (Å²) >= 11 is 6.20. The predicted octanol–water partition coefficient (Wildman–Crippen LogP) is 4.65. The van der Waals surface area contributed by atoms with Crippen molar-refractivity contribution in [1.82, 2.24) is 19.4 Å². The molecule has 0 aliphatic heterocycles. The Morgan fingerprint density at radius 2 is 2.10 bits per heavy atom. The Labute approximate surface area is 170 Å². The van der Waals surface area contributed by atoms with Gasteiger partial charge in [-0.3, -0.25) is 9.48 Å². The molecule has 1 saturated carbocycles. The fourth-order valence-corrected chi connectivity index (χ4v) is 3.53. The van der Waals surface area contributed by atoms with Gasteiger partial charge >= 0.3 is 0 Å². The van der Waals surface area contributed by atoms with E-state index in [9.17, 15) is 9.18 Å². The van der Waals surface area contributed by atoms with Crippen molar-refractivity contribution >= 4 is 28.7 Å². The number of carbonyl (C=O) groups excluding carboxylic acids is 1. The number of carbonyl (C=O) groups is 1. The molecule has 146 valence electrons. The van der Waals surface area contributed by atoms with Crippen LogP contribution in [0.1, 0.15) is 23.2 Å². The largest absolute Gasteiger partial charge is 0.320 e. The summed E-state index contributed by atoms with van der Waals surface area (Å²) in [5.74, 6) is -0.163. The molecule has 8 heteroatoms. The maximum atomic E-state index is 14.6. The number of benzene rings is 1. The smallest absolute Gasteiger partial charge is 0.259 e. The third-order valence-electron chi connectivity index (χ3n) is 5.06. The Bertz CT molecular complexity index is 1230. The van der Waals surface area contributed by atoms with Gasteiger partial charge in [0, 0.05) is 30.1 Å². The standard InChI is InChI=1S/C21H17ClFN5O/c22-17-8-18(23)15(14-9-24-27(12-14)11-13-4-5-13)7-19(17)26-21(29)16-10-25-28-6-2-1-3-20(16)28/h1-3,6-10,12-13H,4-5,11H2,(H,26,29). The summed E-state index contributed by atoms with van der Waals surface area (Å²) in [6.07, 6.45) is 9.13. The molecule has 0 atom stereocenters. The molecule has 0 unspecified atom stereocenters. The second kappa shape index (κ2) is 7.00. The maximum Gasteiger partial charge on any atom is 0.259 e. The van der Waals surface area contributed by atoms with E-state index in [1.165, 1.54) is 25.1 Å². The number of nitrogens with zero attached hydrogens (tertiary/aromatic N) is 4. The molecule has 0 spiro atoms. The molecule has 3 aromatic heterocycles. The zero-order valence-corrected chi connectivity index (χ0v) is 16.1. The highest BCUT2D eigenvalue weighted by atomic mass is 35.5. The van der Waals surface area contributed by atoms with Crippen molar-refractivity contribution in [3.63, 3.8) is 0 Å². The highest BCUT2D eigenvalue weighted by molar-refractivity contribution is 6.34. The lowest BCUT2D eigenvalue weighted by Gasteiger charge is -2.10. The highest BCUT2D eigenvalue weighted by Gasteiger charge is 2.22. The number of amides is 1. The number of aromatic nitrogens is 4. The third kappa shape index (κ3) is 3.49. The first kappa shape index (κ1) is 17.9. The molecule has 1 aliphatic carbocycles. The van der Waals surface area contributed by atoms with E-state index >= 15 is 0 Å². The van der Waals surface area contributed by atoms with Gasteiger partial charge in [0.2, 0.25) is 0 Å². The summed E-state index contributed by atoms with van der Waals surface area (Å²) in [4.78, 5) is 12.8. The van der Waals surface area contributed by atoms with Gasteiger partial charge in [0.25, 0.3) is 5.91 Å². The fourth-order valence-electron chi connectivity index (χ4n) is 3.33. The van der Waals surface area contributed by atoms with Crippen LogP contribution in [0.5, 0.6) is 0 Å². The van der Waals surface area contributed by atoms with Gasteiger partial charge in [0.1, 0.15) is 5.82 Å². The van der Waals surface area contributed by atoms with Crippen molar-refractivity contribution in [3.8, 4) is 11.1 Å². The van der Waals surface area contributed by atoms with Crippen LogP contribution in [-0.2, 0) is 6.54 Å². The predicted molar refractivity (Wildman–Crippen MR) is 109 cm³/mol. The summed E-state index contributed by atoms with van der Waals surface area (Å²) in [5.41, 5.74) is 2.39. The first-order valence-electron chi connectivity index (χ1n) is 9.34.